The van der Waals surface area contributed by atoms with Crippen LogP contribution in [0.2, 0.25) is 0 Å². The number of nitrogens with zero attached hydrogens (tertiary/aromatic N) is 3. The minimum atomic E-state index is -1.01. The highest BCUT2D eigenvalue weighted by atomic mass is 32.2. The lowest BCUT2D eigenvalue weighted by molar-refractivity contribution is -0.117. The molecule has 1 aliphatic heterocycles. The van der Waals surface area contributed by atoms with Crippen molar-refractivity contribution < 1.29 is 28.2 Å². The lowest BCUT2D eigenvalue weighted by Gasteiger charge is -2.24. The summed E-state index contributed by atoms with van der Waals surface area (Å²) in [5.41, 5.74) is 1.82. The molecule has 0 aliphatic carbocycles. The Morgan fingerprint density at radius 2 is 1.88 bits per heavy atom. The van der Waals surface area contributed by atoms with Gasteiger partial charge in [-0.3, -0.25) is 14.5 Å². The van der Waals surface area contributed by atoms with Gasteiger partial charge in [-0.15, -0.1) is 10.2 Å². The van der Waals surface area contributed by atoms with E-state index in [0.717, 1.165) is 16.9 Å². The zero-order valence-electron chi connectivity index (χ0n) is 21.9. The summed E-state index contributed by atoms with van der Waals surface area (Å²) in [6.07, 6.45) is 1.62. The number of hydrogen-bond acceptors (Lipinski definition) is 9. The smallest absolute Gasteiger partial charge is 0.296 e. The van der Waals surface area contributed by atoms with Gasteiger partial charge in [0, 0.05) is 11.1 Å². The van der Waals surface area contributed by atoms with Crippen molar-refractivity contribution in [1.29, 1.82) is 0 Å². The number of ether oxygens (including phenoxy) is 1. The van der Waals surface area contributed by atoms with Gasteiger partial charge in [0.05, 0.1) is 11.6 Å². The molecule has 3 heterocycles. The third kappa shape index (κ3) is 5.31. The number of aliphatic hydroxyl groups is 1. The van der Waals surface area contributed by atoms with Crippen LogP contribution in [-0.4, -0.2) is 33.6 Å². The van der Waals surface area contributed by atoms with E-state index >= 15 is 0 Å². The molecule has 11 heteroatoms. The third-order valence-corrected chi connectivity index (χ3v) is 8.67. The summed E-state index contributed by atoms with van der Waals surface area (Å²) >= 11 is 2.52. The van der Waals surface area contributed by atoms with Gasteiger partial charge in [0.1, 0.15) is 23.8 Å². The highest BCUT2D eigenvalue weighted by molar-refractivity contribution is 8.00. The number of carbonyl (C=O) groups excluding carboxylic acids is 2. The van der Waals surface area contributed by atoms with Crippen LogP contribution >= 0.6 is 23.1 Å². The Hall–Kier alpha value is -4.74. The summed E-state index contributed by atoms with van der Waals surface area (Å²) in [5.74, 6) is -1.32. The highest BCUT2D eigenvalue weighted by Gasteiger charge is 2.46. The standard InChI is InChI=1S/C31H22FN3O5S2/c1-2-15-39-22-13-9-19(10-14-22)26-25(27(36)24-16-20-5-3-4-6-23(20)40-24)28(37)29(38)35(26)30-33-34-31(42-30)41-17-18-7-11-21(32)12-8-18/h2-14,16,26,37H,1,15,17H2. The Kier molecular flexibility index (Phi) is 7.60. The van der Waals surface area contributed by atoms with Crippen molar-refractivity contribution in [2.75, 3.05) is 11.5 Å². The van der Waals surface area contributed by atoms with Crippen molar-refractivity contribution in [3.8, 4) is 5.75 Å². The van der Waals surface area contributed by atoms with Crippen LogP contribution in [0.15, 0.2) is 112 Å². The number of benzene rings is 3. The number of anilines is 1. The quantitative estimate of drug-likeness (QED) is 0.0787. The zero-order chi connectivity index (χ0) is 29.2. The number of furan rings is 1. The average molecular weight is 600 g/mol. The molecule has 1 unspecified atom stereocenters. The van der Waals surface area contributed by atoms with Crippen LogP contribution in [0, 0.1) is 5.82 Å². The van der Waals surface area contributed by atoms with Gasteiger partial charge in [0.25, 0.3) is 5.91 Å². The molecule has 210 valence electrons. The number of amides is 1. The van der Waals surface area contributed by atoms with E-state index in [9.17, 15) is 19.1 Å². The Labute approximate surface area is 247 Å². The van der Waals surface area contributed by atoms with Crippen molar-refractivity contribution in [2.45, 2.75) is 16.1 Å². The fraction of sp³-hybridized carbons (Fsp3) is 0.0968. The monoisotopic (exact) mass is 599 g/mol. The molecule has 1 amide bonds. The van der Waals surface area contributed by atoms with Gasteiger partial charge >= 0.3 is 0 Å². The van der Waals surface area contributed by atoms with E-state index in [4.69, 9.17) is 9.15 Å². The highest BCUT2D eigenvalue weighted by Crippen LogP contribution is 2.44. The second-order valence-corrected chi connectivity index (χ2v) is 11.4. The maximum absolute atomic E-state index is 13.8. The lowest BCUT2D eigenvalue weighted by atomic mass is 9.95. The average Bonchev–Trinajstić information content (AvgIpc) is 3.72. The van der Waals surface area contributed by atoms with Crippen LogP contribution in [0.1, 0.15) is 27.7 Å². The van der Waals surface area contributed by atoms with E-state index < -0.39 is 23.5 Å². The lowest BCUT2D eigenvalue weighted by Crippen LogP contribution is -2.31. The first-order valence-corrected chi connectivity index (χ1v) is 14.6. The topological polar surface area (TPSA) is 106 Å². The van der Waals surface area contributed by atoms with Crippen molar-refractivity contribution in [3.05, 3.63) is 126 Å². The number of fused-ring (bicyclic) bond motifs is 1. The van der Waals surface area contributed by atoms with E-state index in [0.29, 0.717) is 39.0 Å². The molecule has 1 atom stereocenters. The maximum atomic E-state index is 13.8. The molecule has 2 aromatic heterocycles. The normalized spacial score (nSPS) is 15.0. The SMILES string of the molecule is C=CCOc1ccc(C2C(C(=O)c3cc4ccccc4o3)=C(O)C(=O)N2c2nnc(SCc3ccc(F)cc3)s2)cc1. The molecule has 1 N–H and O–H groups in total. The molecular formula is C31H22FN3O5S2. The van der Waals surface area contributed by atoms with Crippen molar-refractivity contribution in [2.24, 2.45) is 0 Å². The van der Waals surface area contributed by atoms with Gasteiger partial charge in [0.15, 0.2) is 15.9 Å². The number of para-hydroxylation sites is 1. The van der Waals surface area contributed by atoms with Gasteiger partial charge in [-0.05, 0) is 47.5 Å². The van der Waals surface area contributed by atoms with E-state index in [1.54, 1.807) is 60.7 Å². The number of aromatic nitrogens is 2. The number of hydrogen-bond donors (Lipinski definition) is 1. The molecule has 3 aromatic carbocycles. The van der Waals surface area contributed by atoms with Crippen LogP contribution in [0.25, 0.3) is 11.0 Å². The predicted octanol–water partition coefficient (Wildman–Crippen LogP) is 7.06. The first-order valence-electron chi connectivity index (χ1n) is 12.8. The molecule has 0 saturated heterocycles. The number of halogens is 1. The Balaban J connectivity index is 1.35. The molecule has 8 nitrogen and oxygen atoms in total. The molecule has 0 fully saturated rings. The van der Waals surface area contributed by atoms with Crippen molar-refractivity contribution in [3.63, 3.8) is 0 Å². The van der Waals surface area contributed by atoms with Gasteiger partial charge in [0.2, 0.25) is 10.9 Å². The van der Waals surface area contributed by atoms with Gasteiger partial charge in [-0.25, -0.2) is 4.39 Å². The summed E-state index contributed by atoms with van der Waals surface area (Å²) in [7, 11) is 0. The molecule has 0 bridgehead atoms. The number of Topliss-reactive ketones (excluding diaryl/α,β-unsaturated/α-hetero) is 1. The number of thioether (sulfide) groups is 1. The fourth-order valence-corrected chi connectivity index (χ4v) is 6.39. The van der Waals surface area contributed by atoms with Gasteiger partial charge < -0.3 is 14.3 Å². The molecule has 1 aliphatic rings. The summed E-state index contributed by atoms with van der Waals surface area (Å²) in [6.45, 7) is 3.96. The first-order chi connectivity index (χ1) is 20.4. The van der Waals surface area contributed by atoms with Crippen molar-refractivity contribution in [1.82, 2.24) is 10.2 Å². The van der Waals surface area contributed by atoms with Gasteiger partial charge in [-0.2, -0.15) is 0 Å². The fourth-order valence-electron chi connectivity index (χ4n) is 4.56. The van der Waals surface area contributed by atoms with E-state index in [1.165, 1.54) is 28.8 Å². The third-order valence-electron chi connectivity index (χ3n) is 6.54. The van der Waals surface area contributed by atoms with Crippen LogP contribution < -0.4 is 9.64 Å². The van der Waals surface area contributed by atoms with Crippen LogP contribution in [-0.2, 0) is 10.5 Å². The Morgan fingerprint density at radius 3 is 2.62 bits per heavy atom. The summed E-state index contributed by atoms with van der Waals surface area (Å²) < 4.78 is 25.2. The summed E-state index contributed by atoms with van der Waals surface area (Å²) in [6, 6.07) is 20.7. The Bertz CT molecular complexity index is 1800. The van der Waals surface area contributed by atoms with E-state index in [1.807, 2.05) is 12.1 Å². The molecule has 0 saturated carbocycles. The molecule has 0 spiro atoms. The predicted molar refractivity (Wildman–Crippen MR) is 158 cm³/mol. The number of aliphatic hydroxyl groups excluding tert-OH is 1. The largest absolute Gasteiger partial charge is 0.503 e. The Morgan fingerprint density at radius 1 is 1.12 bits per heavy atom. The molecule has 5 aromatic rings. The minimum absolute atomic E-state index is 0.00357. The zero-order valence-corrected chi connectivity index (χ0v) is 23.5. The molecule has 6 rings (SSSR count). The van der Waals surface area contributed by atoms with Crippen LogP contribution in [0.4, 0.5) is 9.52 Å². The molecule has 0 radical (unpaired) electrons. The van der Waals surface area contributed by atoms with Gasteiger partial charge in [-0.1, -0.05) is 78.2 Å². The number of rotatable bonds is 10. The number of carbonyl (C=O) groups is 2. The summed E-state index contributed by atoms with van der Waals surface area (Å²) in [4.78, 5) is 28.6. The molecular weight excluding hydrogens is 577 g/mol. The van der Waals surface area contributed by atoms with E-state index in [2.05, 4.69) is 16.8 Å². The minimum Gasteiger partial charge on any atom is -0.503 e. The van der Waals surface area contributed by atoms with E-state index in [-0.39, 0.29) is 22.3 Å². The molecule has 42 heavy (non-hydrogen) atoms. The first kappa shape index (κ1) is 27.4. The second kappa shape index (κ2) is 11.6. The second-order valence-electron chi connectivity index (χ2n) is 9.25. The van der Waals surface area contributed by atoms with Crippen molar-refractivity contribution >= 4 is 50.9 Å². The van der Waals surface area contributed by atoms with Crippen LogP contribution in [0.3, 0.4) is 0 Å². The number of ketones is 1. The van der Waals surface area contributed by atoms with Crippen LogP contribution in [0.5, 0.6) is 5.75 Å². The maximum Gasteiger partial charge on any atom is 0.296 e. The summed E-state index contributed by atoms with van der Waals surface area (Å²) in [5, 5.41) is 20.5.